The second kappa shape index (κ2) is 7.10. The molecule has 1 amide bonds. The van der Waals surface area contributed by atoms with Gasteiger partial charge in [-0.3, -0.25) is 14.2 Å². The van der Waals surface area contributed by atoms with Crippen LogP contribution in [-0.4, -0.2) is 38.4 Å². The topological polar surface area (TPSA) is 68.1 Å². The Balaban J connectivity index is 1.26. The number of carbonyl (C=O) groups is 1. The van der Waals surface area contributed by atoms with Gasteiger partial charge in [0.15, 0.2) is 0 Å². The molecule has 5 rings (SSSR count). The van der Waals surface area contributed by atoms with Crippen LogP contribution >= 0.6 is 22.7 Å². The molecule has 28 heavy (non-hydrogen) atoms. The molecule has 0 saturated carbocycles. The van der Waals surface area contributed by atoms with Crippen molar-refractivity contribution in [1.29, 1.82) is 0 Å². The highest BCUT2D eigenvalue weighted by Gasteiger charge is 2.26. The van der Waals surface area contributed by atoms with E-state index in [1.807, 2.05) is 28.5 Å². The van der Waals surface area contributed by atoms with Crippen molar-refractivity contribution < 1.29 is 4.79 Å². The largest absolute Gasteiger partial charge is 0.341 e. The fourth-order valence-electron chi connectivity index (χ4n) is 3.69. The predicted molar refractivity (Wildman–Crippen MR) is 112 cm³/mol. The molecule has 1 aromatic carbocycles. The molecule has 0 radical (unpaired) electrons. The van der Waals surface area contributed by atoms with Crippen molar-refractivity contribution in [2.75, 3.05) is 13.1 Å². The average molecular weight is 411 g/mol. The molecule has 0 atom stereocenters. The lowest BCUT2D eigenvalue weighted by molar-refractivity contribution is -0.132. The standard InChI is InChI=1S/C20H18N4O2S2/c25-17(11-24-12-21-19-14(20(24)26)7-10-27-19)23-8-5-13(6-9-23)18-22-15-3-1-2-4-16(15)28-18/h1-4,7,10,12-13H,5-6,8-9,11H2. The molecule has 6 nitrogen and oxygen atoms in total. The number of para-hydroxylation sites is 1. The van der Waals surface area contributed by atoms with E-state index in [4.69, 9.17) is 4.98 Å². The Kier molecular flexibility index (Phi) is 4.44. The van der Waals surface area contributed by atoms with Gasteiger partial charge in [-0.15, -0.1) is 22.7 Å². The first kappa shape index (κ1) is 17.5. The smallest absolute Gasteiger partial charge is 0.262 e. The Bertz CT molecular complexity index is 1180. The first-order chi connectivity index (χ1) is 13.7. The second-order valence-corrected chi connectivity index (χ2v) is 8.95. The molecule has 0 spiro atoms. The van der Waals surface area contributed by atoms with Gasteiger partial charge in [0.1, 0.15) is 11.4 Å². The SMILES string of the molecule is O=C(Cn1cnc2sccc2c1=O)N1CCC(c2nc3ccccc3s2)CC1. The van der Waals surface area contributed by atoms with E-state index in [9.17, 15) is 9.59 Å². The summed E-state index contributed by atoms with van der Waals surface area (Å²) in [5.41, 5.74) is 0.903. The highest BCUT2D eigenvalue weighted by molar-refractivity contribution is 7.18. The molecule has 8 heteroatoms. The van der Waals surface area contributed by atoms with Crippen LogP contribution < -0.4 is 5.56 Å². The lowest BCUT2D eigenvalue weighted by atomic mass is 9.97. The lowest BCUT2D eigenvalue weighted by Gasteiger charge is -2.31. The highest BCUT2D eigenvalue weighted by Crippen LogP contribution is 2.33. The average Bonchev–Trinajstić information content (AvgIpc) is 3.37. The van der Waals surface area contributed by atoms with E-state index in [0.29, 0.717) is 29.2 Å². The molecule has 4 heterocycles. The summed E-state index contributed by atoms with van der Waals surface area (Å²) in [7, 11) is 0. The zero-order chi connectivity index (χ0) is 19.1. The van der Waals surface area contributed by atoms with Crippen LogP contribution in [0.4, 0.5) is 0 Å². The summed E-state index contributed by atoms with van der Waals surface area (Å²) in [6.45, 7) is 1.44. The summed E-state index contributed by atoms with van der Waals surface area (Å²) in [4.78, 5) is 36.8. The van der Waals surface area contributed by atoms with E-state index in [2.05, 4.69) is 11.1 Å². The molecular formula is C20H18N4O2S2. The van der Waals surface area contributed by atoms with Crippen LogP contribution in [0.1, 0.15) is 23.8 Å². The quantitative estimate of drug-likeness (QED) is 0.519. The molecule has 0 N–H and O–H groups in total. The number of carbonyl (C=O) groups excluding carboxylic acids is 1. The number of nitrogens with zero attached hydrogens (tertiary/aromatic N) is 4. The third-order valence-corrected chi connectivity index (χ3v) is 7.28. The zero-order valence-electron chi connectivity index (χ0n) is 15.1. The normalized spacial score (nSPS) is 15.5. The van der Waals surface area contributed by atoms with E-state index in [1.165, 1.54) is 26.9 Å². The molecule has 0 unspecified atom stereocenters. The summed E-state index contributed by atoms with van der Waals surface area (Å²) in [6.07, 6.45) is 3.29. The number of thiophene rings is 1. The fraction of sp³-hybridized carbons (Fsp3) is 0.300. The van der Waals surface area contributed by atoms with E-state index in [0.717, 1.165) is 23.4 Å². The van der Waals surface area contributed by atoms with Crippen LogP contribution in [0, 0.1) is 0 Å². The number of rotatable bonds is 3. The fourth-order valence-corrected chi connectivity index (χ4v) is 5.55. The Hall–Kier alpha value is -2.58. The van der Waals surface area contributed by atoms with E-state index in [-0.39, 0.29) is 18.0 Å². The number of hydrogen-bond acceptors (Lipinski definition) is 6. The third-order valence-electron chi connectivity index (χ3n) is 5.26. The van der Waals surface area contributed by atoms with Gasteiger partial charge in [0.2, 0.25) is 5.91 Å². The number of aromatic nitrogens is 3. The number of fused-ring (bicyclic) bond motifs is 2. The number of thiazole rings is 1. The zero-order valence-corrected chi connectivity index (χ0v) is 16.7. The molecule has 142 valence electrons. The van der Waals surface area contributed by atoms with Crippen molar-refractivity contribution in [1.82, 2.24) is 19.4 Å². The minimum atomic E-state index is -0.149. The molecule has 1 aliphatic rings. The van der Waals surface area contributed by atoms with Gasteiger partial charge in [0, 0.05) is 19.0 Å². The van der Waals surface area contributed by atoms with E-state index in [1.54, 1.807) is 17.4 Å². The molecule has 3 aromatic heterocycles. The van der Waals surface area contributed by atoms with Crippen molar-refractivity contribution in [3.05, 3.63) is 57.4 Å². The van der Waals surface area contributed by atoms with Crippen LogP contribution in [0.25, 0.3) is 20.4 Å². The van der Waals surface area contributed by atoms with Gasteiger partial charge in [0.25, 0.3) is 5.56 Å². The van der Waals surface area contributed by atoms with Crippen LogP contribution in [0.5, 0.6) is 0 Å². The van der Waals surface area contributed by atoms with Crippen LogP contribution in [0.15, 0.2) is 46.8 Å². The molecule has 1 aliphatic heterocycles. The molecule has 0 aliphatic carbocycles. The van der Waals surface area contributed by atoms with E-state index >= 15 is 0 Å². The Morgan fingerprint density at radius 1 is 1.18 bits per heavy atom. The summed E-state index contributed by atoms with van der Waals surface area (Å²) < 4.78 is 2.63. The van der Waals surface area contributed by atoms with E-state index < -0.39 is 0 Å². The maximum atomic E-state index is 12.7. The van der Waals surface area contributed by atoms with Crippen molar-refractivity contribution in [3.63, 3.8) is 0 Å². The Morgan fingerprint density at radius 2 is 2.00 bits per heavy atom. The van der Waals surface area contributed by atoms with Gasteiger partial charge in [-0.2, -0.15) is 0 Å². The lowest BCUT2D eigenvalue weighted by Crippen LogP contribution is -2.41. The summed E-state index contributed by atoms with van der Waals surface area (Å²) in [5, 5.41) is 3.59. The van der Waals surface area contributed by atoms with Gasteiger partial charge in [-0.25, -0.2) is 9.97 Å². The second-order valence-electron chi connectivity index (χ2n) is 6.99. The number of amides is 1. The summed E-state index contributed by atoms with van der Waals surface area (Å²) in [5.74, 6) is 0.370. The number of likely N-dealkylation sites (tertiary alicyclic amines) is 1. The van der Waals surface area contributed by atoms with Crippen LogP contribution in [-0.2, 0) is 11.3 Å². The minimum Gasteiger partial charge on any atom is -0.341 e. The molecular weight excluding hydrogens is 392 g/mol. The van der Waals surface area contributed by atoms with Crippen molar-refractivity contribution in [2.45, 2.75) is 25.3 Å². The molecule has 0 bridgehead atoms. The monoisotopic (exact) mass is 410 g/mol. The summed E-state index contributed by atoms with van der Waals surface area (Å²) in [6, 6.07) is 9.96. The summed E-state index contributed by atoms with van der Waals surface area (Å²) >= 11 is 3.18. The maximum absolute atomic E-state index is 12.7. The maximum Gasteiger partial charge on any atom is 0.262 e. The molecule has 4 aromatic rings. The molecule has 1 saturated heterocycles. The van der Waals surface area contributed by atoms with Crippen molar-refractivity contribution >= 4 is 49.0 Å². The van der Waals surface area contributed by atoms with Gasteiger partial charge in [-0.1, -0.05) is 12.1 Å². The first-order valence-electron chi connectivity index (χ1n) is 9.25. The number of hydrogen-bond donors (Lipinski definition) is 0. The number of benzene rings is 1. The van der Waals surface area contributed by atoms with Gasteiger partial charge in [0.05, 0.1) is 26.9 Å². The van der Waals surface area contributed by atoms with Gasteiger partial charge in [-0.05, 0) is 36.4 Å². The molecule has 1 fully saturated rings. The van der Waals surface area contributed by atoms with Crippen molar-refractivity contribution in [3.8, 4) is 0 Å². The first-order valence-corrected chi connectivity index (χ1v) is 10.9. The Morgan fingerprint density at radius 3 is 2.82 bits per heavy atom. The minimum absolute atomic E-state index is 0.0266. The van der Waals surface area contributed by atoms with Crippen LogP contribution in [0.3, 0.4) is 0 Å². The predicted octanol–water partition coefficient (Wildman–Crippen LogP) is 3.47. The third kappa shape index (κ3) is 3.12. The highest BCUT2D eigenvalue weighted by atomic mass is 32.1. The van der Waals surface area contributed by atoms with Crippen LogP contribution in [0.2, 0.25) is 0 Å². The van der Waals surface area contributed by atoms with Gasteiger partial charge < -0.3 is 4.90 Å². The Labute approximate surface area is 169 Å². The number of piperidine rings is 1. The van der Waals surface area contributed by atoms with Gasteiger partial charge >= 0.3 is 0 Å². The van der Waals surface area contributed by atoms with Crippen molar-refractivity contribution in [2.24, 2.45) is 0 Å².